The van der Waals surface area contributed by atoms with Gasteiger partial charge in [0.2, 0.25) is 0 Å². The van der Waals surface area contributed by atoms with Crippen LogP contribution >= 0.6 is 0 Å². The lowest BCUT2D eigenvalue weighted by molar-refractivity contribution is 1.17. The second kappa shape index (κ2) is 2.24. The molecule has 2 N–H and O–H groups in total. The molecule has 0 aliphatic heterocycles. The number of anilines is 1. The molecule has 0 saturated heterocycles. The van der Waals surface area contributed by atoms with Crippen LogP contribution in [0.25, 0.3) is 5.65 Å². The van der Waals surface area contributed by atoms with Crippen molar-refractivity contribution in [2.75, 3.05) is 5.73 Å². The van der Waals surface area contributed by atoms with Crippen LogP contribution in [-0.2, 0) is 0 Å². The van der Waals surface area contributed by atoms with E-state index in [9.17, 15) is 0 Å². The third kappa shape index (κ3) is 0.883. The lowest BCUT2D eigenvalue weighted by Crippen LogP contribution is -1.83. The summed E-state index contributed by atoms with van der Waals surface area (Å²) in [5, 5.41) is 8.59. The fourth-order valence-corrected chi connectivity index (χ4v) is 1.08. The molecule has 2 aromatic heterocycles. The summed E-state index contributed by atoms with van der Waals surface area (Å²) in [6, 6.07) is 5.51. The Balaban J connectivity index is 2.77. The summed E-state index contributed by atoms with van der Waals surface area (Å²) in [5.41, 5.74) is 6.82. The molecule has 0 aliphatic rings. The topological polar surface area (TPSA) is 67.1 Å². The number of pyridine rings is 1. The van der Waals surface area contributed by atoms with Crippen molar-refractivity contribution in [2.24, 2.45) is 0 Å². The highest BCUT2D eigenvalue weighted by Gasteiger charge is 1.97. The van der Waals surface area contributed by atoms with Crippen molar-refractivity contribution in [2.45, 2.75) is 0 Å². The van der Waals surface area contributed by atoms with Crippen LogP contribution in [-0.4, -0.2) is 9.38 Å². The molecule has 0 aliphatic carbocycles. The van der Waals surface area contributed by atoms with E-state index in [0.717, 1.165) is 5.65 Å². The van der Waals surface area contributed by atoms with Crippen molar-refractivity contribution in [3.05, 3.63) is 30.1 Å². The summed E-state index contributed by atoms with van der Waals surface area (Å²) in [5.74, 6) is 0.463. The standard InChI is InChI=1S/C8H6N4/c9-3-6-1-2-8-11-7(10)5-12(8)4-6/h1-2,4-5H,10H2. The van der Waals surface area contributed by atoms with Gasteiger partial charge in [-0.1, -0.05) is 0 Å². The van der Waals surface area contributed by atoms with E-state index in [1.807, 2.05) is 6.07 Å². The van der Waals surface area contributed by atoms with Gasteiger partial charge in [0.05, 0.1) is 11.8 Å². The number of fused-ring (bicyclic) bond motifs is 1. The van der Waals surface area contributed by atoms with E-state index < -0.39 is 0 Å². The van der Waals surface area contributed by atoms with Gasteiger partial charge in [0, 0.05) is 6.20 Å². The van der Waals surface area contributed by atoms with E-state index in [-0.39, 0.29) is 0 Å². The largest absolute Gasteiger partial charge is 0.382 e. The first-order valence-electron chi connectivity index (χ1n) is 3.44. The number of imidazole rings is 1. The zero-order valence-electron chi connectivity index (χ0n) is 6.23. The molecule has 2 rings (SSSR count). The van der Waals surface area contributed by atoms with E-state index in [0.29, 0.717) is 11.4 Å². The Hall–Kier alpha value is -2.02. The molecule has 0 radical (unpaired) electrons. The Morgan fingerprint density at radius 2 is 2.25 bits per heavy atom. The molecular formula is C8H6N4. The fraction of sp³-hybridized carbons (Fsp3) is 0. The van der Waals surface area contributed by atoms with E-state index >= 15 is 0 Å². The SMILES string of the molecule is N#Cc1ccc2nc(N)cn2c1. The van der Waals surface area contributed by atoms with Crippen LogP contribution in [0.2, 0.25) is 0 Å². The van der Waals surface area contributed by atoms with Crippen LogP contribution in [0.15, 0.2) is 24.5 Å². The van der Waals surface area contributed by atoms with Gasteiger partial charge >= 0.3 is 0 Å². The Morgan fingerprint density at radius 1 is 1.42 bits per heavy atom. The molecule has 4 heteroatoms. The maximum absolute atomic E-state index is 8.59. The van der Waals surface area contributed by atoms with Crippen LogP contribution in [0.5, 0.6) is 0 Å². The predicted molar refractivity (Wildman–Crippen MR) is 44.3 cm³/mol. The lowest BCUT2D eigenvalue weighted by Gasteiger charge is -1.90. The number of hydrogen-bond donors (Lipinski definition) is 1. The number of hydrogen-bond acceptors (Lipinski definition) is 3. The first-order chi connectivity index (χ1) is 5.79. The number of nitriles is 1. The molecule has 0 atom stereocenters. The quantitative estimate of drug-likeness (QED) is 0.616. The summed E-state index contributed by atoms with van der Waals surface area (Å²) in [7, 11) is 0. The number of nitrogens with two attached hydrogens (primary N) is 1. The van der Waals surface area contributed by atoms with Gasteiger partial charge in [-0.2, -0.15) is 5.26 Å². The molecule has 0 amide bonds. The van der Waals surface area contributed by atoms with Gasteiger partial charge in [0.25, 0.3) is 0 Å². The van der Waals surface area contributed by atoms with E-state index in [2.05, 4.69) is 4.98 Å². The predicted octanol–water partition coefficient (Wildman–Crippen LogP) is 0.788. The minimum absolute atomic E-state index is 0.463. The van der Waals surface area contributed by atoms with Crippen LogP contribution in [0.3, 0.4) is 0 Å². The molecule has 0 spiro atoms. The van der Waals surface area contributed by atoms with Crippen molar-refractivity contribution in [1.29, 1.82) is 5.26 Å². The van der Waals surface area contributed by atoms with Gasteiger partial charge in [0.1, 0.15) is 17.5 Å². The first kappa shape index (κ1) is 6.68. The molecule has 0 aromatic carbocycles. The highest BCUT2D eigenvalue weighted by Crippen LogP contribution is 2.07. The highest BCUT2D eigenvalue weighted by atomic mass is 15.0. The summed E-state index contributed by atoms with van der Waals surface area (Å²) in [4.78, 5) is 4.02. The fourth-order valence-electron chi connectivity index (χ4n) is 1.08. The highest BCUT2D eigenvalue weighted by molar-refractivity contribution is 5.48. The molecule has 0 saturated carbocycles. The van der Waals surface area contributed by atoms with Crippen molar-refractivity contribution >= 4 is 11.5 Å². The first-order valence-corrected chi connectivity index (χ1v) is 3.44. The van der Waals surface area contributed by atoms with Gasteiger partial charge in [-0.25, -0.2) is 4.98 Å². The molecule has 0 fully saturated rings. The summed E-state index contributed by atoms with van der Waals surface area (Å²) in [6.07, 6.45) is 3.37. The van der Waals surface area contributed by atoms with Gasteiger partial charge < -0.3 is 10.1 Å². The molecule has 12 heavy (non-hydrogen) atoms. The minimum Gasteiger partial charge on any atom is -0.382 e. The molecule has 4 nitrogen and oxygen atoms in total. The van der Waals surface area contributed by atoms with Crippen LogP contribution < -0.4 is 5.73 Å². The van der Waals surface area contributed by atoms with Crippen molar-refractivity contribution in [3.63, 3.8) is 0 Å². The average Bonchev–Trinajstić information content (AvgIpc) is 2.43. The van der Waals surface area contributed by atoms with Crippen LogP contribution in [0.1, 0.15) is 5.56 Å². The Bertz CT molecular complexity index is 463. The summed E-state index contributed by atoms with van der Waals surface area (Å²) >= 11 is 0. The molecule has 2 heterocycles. The number of rotatable bonds is 0. The maximum atomic E-state index is 8.59. The zero-order valence-corrected chi connectivity index (χ0v) is 6.23. The van der Waals surface area contributed by atoms with E-state index in [4.69, 9.17) is 11.0 Å². The maximum Gasteiger partial charge on any atom is 0.142 e. The monoisotopic (exact) mass is 158 g/mol. The van der Waals surface area contributed by atoms with Gasteiger partial charge in [0.15, 0.2) is 0 Å². The Labute approximate surface area is 68.9 Å². The normalized spacial score (nSPS) is 9.92. The van der Waals surface area contributed by atoms with Crippen LogP contribution in [0, 0.1) is 11.3 Å². The smallest absolute Gasteiger partial charge is 0.142 e. The zero-order chi connectivity index (χ0) is 8.55. The summed E-state index contributed by atoms with van der Waals surface area (Å²) in [6.45, 7) is 0. The second-order valence-electron chi connectivity index (χ2n) is 2.46. The average molecular weight is 158 g/mol. The molecular weight excluding hydrogens is 152 g/mol. The lowest BCUT2D eigenvalue weighted by atomic mass is 10.3. The van der Waals surface area contributed by atoms with E-state index in [1.165, 1.54) is 0 Å². The number of aromatic nitrogens is 2. The Morgan fingerprint density at radius 3 is 3.00 bits per heavy atom. The van der Waals surface area contributed by atoms with Gasteiger partial charge in [-0.05, 0) is 12.1 Å². The minimum atomic E-state index is 0.463. The third-order valence-electron chi connectivity index (χ3n) is 1.60. The van der Waals surface area contributed by atoms with Gasteiger partial charge in [-0.3, -0.25) is 0 Å². The van der Waals surface area contributed by atoms with Crippen molar-refractivity contribution in [3.8, 4) is 6.07 Å². The van der Waals surface area contributed by atoms with Crippen molar-refractivity contribution in [1.82, 2.24) is 9.38 Å². The second-order valence-corrected chi connectivity index (χ2v) is 2.46. The van der Waals surface area contributed by atoms with Crippen molar-refractivity contribution < 1.29 is 0 Å². The third-order valence-corrected chi connectivity index (χ3v) is 1.60. The van der Waals surface area contributed by atoms with Gasteiger partial charge in [-0.15, -0.1) is 0 Å². The number of nitrogens with zero attached hydrogens (tertiary/aromatic N) is 3. The molecule has 2 aromatic rings. The molecule has 58 valence electrons. The molecule has 0 bridgehead atoms. The van der Waals surface area contributed by atoms with Crippen LogP contribution in [0.4, 0.5) is 5.82 Å². The van der Waals surface area contributed by atoms with E-state index in [1.54, 1.807) is 28.9 Å². The molecule has 0 unspecified atom stereocenters. The summed E-state index contributed by atoms with van der Waals surface area (Å²) < 4.78 is 1.73. The Kier molecular flexibility index (Phi) is 1.25. The number of nitrogen functional groups attached to an aromatic ring is 1.